The summed E-state index contributed by atoms with van der Waals surface area (Å²) >= 11 is 1.77. The molecule has 0 unspecified atom stereocenters. The highest BCUT2D eigenvalue weighted by Gasteiger charge is 2.20. The summed E-state index contributed by atoms with van der Waals surface area (Å²) in [5.74, 6) is 0.699. The van der Waals surface area contributed by atoms with Gasteiger partial charge in [-0.1, -0.05) is 18.2 Å². The van der Waals surface area contributed by atoms with E-state index in [2.05, 4.69) is 42.9 Å². The second-order valence-corrected chi connectivity index (χ2v) is 6.94. The topological polar surface area (TPSA) is 60.0 Å². The molecule has 1 fully saturated rings. The van der Waals surface area contributed by atoms with Gasteiger partial charge in [0.15, 0.2) is 5.96 Å². The minimum Gasteiger partial charge on any atom is -0.360 e. The number of nitrogens with zero attached hydrogens (tertiary/aromatic N) is 3. The van der Waals surface area contributed by atoms with Crippen LogP contribution >= 0.6 is 11.3 Å². The lowest BCUT2D eigenvalue weighted by Gasteiger charge is -2.37. The number of amides is 1. The lowest BCUT2D eigenvalue weighted by atomic mass is 10.3. The zero-order chi connectivity index (χ0) is 18.2. The van der Waals surface area contributed by atoms with E-state index in [1.807, 2.05) is 37.3 Å². The summed E-state index contributed by atoms with van der Waals surface area (Å²) in [4.78, 5) is 21.3. The van der Waals surface area contributed by atoms with Gasteiger partial charge in [0.05, 0.1) is 5.00 Å². The first kappa shape index (κ1) is 18.3. The van der Waals surface area contributed by atoms with E-state index in [9.17, 15) is 4.79 Å². The van der Waals surface area contributed by atoms with Crippen LogP contribution in [0.3, 0.4) is 0 Å². The first-order valence-corrected chi connectivity index (χ1v) is 9.81. The molecule has 3 rings (SSSR count). The first-order chi connectivity index (χ1) is 12.8. The van der Waals surface area contributed by atoms with Crippen LogP contribution in [0, 0.1) is 0 Å². The maximum Gasteiger partial charge on any atom is 0.246 e. The number of guanidine groups is 1. The molecule has 1 aliphatic heterocycles. The van der Waals surface area contributed by atoms with Crippen LogP contribution in [0.4, 0.5) is 10.7 Å². The number of hydrogen-bond acceptors (Lipinski definition) is 4. The predicted octanol–water partition coefficient (Wildman–Crippen LogP) is 2.47. The molecule has 26 heavy (non-hydrogen) atoms. The highest BCUT2D eigenvalue weighted by molar-refractivity contribution is 7.14. The number of aliphatic imine (C=N–C) groups is 1. The van der Waals surface area contributed by atoms with E-state index in [4.69, 9.17) is 0 Å². The number of anilines is 2. The summed E-state index contributed by atoms with van der Waals surface area (Å²) in [5.41, 5.74) is 0.794. The van der Waals surface area contributed by atoms with Crippen molar-refractivity contribution < 1.29 is 4.79 Å². The Labute approximate surface area is 158 Å². The van der Waals surface area contributed by atoms with E-state index in [0.717, 1.165) is 44.4 Å². The van der Waals surface area contributed by atoms with Crippen molar-refractivity contribution in [2.24, 2.45) is 4.99 Å². The zero-order valence-corrected chi connectivity index (χ0v) is 15.8. The number of rotatable bonds is 5. The van der Waals surface area contributed by atoms with Gasteiger partial charge in [-0.15, -0.1) is 11.3 Å². The Bertz CT molecular complexity index is 709. The van der Waals surface area contributed by atoms with Crippen molar-refractivity contribution >= 4 is 33.9 Å². The fourth-order valence-electron chi connectivity index (χ4n) is 2.88. The molecule has 1 aromatic heterocycles. The number of para-hydroxylation sites is 1. The van der Waals surface area contributed by atoms with E-state index in [-0.39, 0.29) is 12.5 Å². The number of thiophene rings is 1. The average Bonchev–Trinajstić information content (AvgIpc) is 3.21. The van der Waals surface area contributed by atoms with E-state index in [1.165, 1.54) is 5.00 Å². The van der Waals surface area contributed by atoms with Crippen molar-refractivity contribution in [3.05, 3.63) is 47.8 Å². The molecule has 0 spiro atoms. The van der Waals surface area contributed by atoms with Crippen LogP contribution in [0.25, 0.3) is 0 Å². The van der Waals surface area contributed by atoms with Crippen LogP contribution in [0.2, 0.25) is 0 Å². The Morgan fingerprint density at radius 1 is 1.12 bits per heavy atom. The molecule has 0 bridgehead atoms. The number of nitrogens with one attached hydrogen (secondary N) is 2. The van der Waals surface area contributed by atoms with Crippen LogP contribution in [0.1, 0.15) is 6.92 Å². The molecule has 1 saturated heterocycles. The van der Waals surface area contributed by atoms with Crippen LogP contribution in [0.15, 0.2) is 52.8 Å². The molecule has 0 atom stereocenters. The van der Waals surface area contributed by atoms with Gasteiger partial charge < -0.3 is 20.4 Å². The molecule has 138 valence electrons. The molecule has 2 aromatic rings. The number of piperazine rings is 1. The van der Waals surface area contributed by atoms with Crippen LogP contribution in [-0.4, -0.2) is 56.0 Å². The van der Waals surface area contributed by atoms with Gasteiger partial charge in [-0.05, 0) is 36.6 Å². The lowest BCUT2D eigenvalue weighted by Crippen LogP contribution is -2.52. The Morgan fingerprint density at radius 2 is 1.88 bits per heavy atom. The van der Waals surface area contributed by atoms with E-state index in [0.29, 0.717) is 0 Å². The van der Waals surface area contributed by atoms with Gasteiger partial charge >= 0.3 is 0 Å². The molecule has 2 N–H and O–H groups in total. The van der Waals surface area contributed by atoms with Crippen molar-refractivity contribution in [1.29, 1.82) is 0 Å². The molecule has 1 aliphatic rings. The normalized spacial score (nSPS) is 15.0. The van der Waals surface area contributed by atoms with E-state index >= 15 is 0 Å². The van der Waals surface area contributed by atoms with E-state index in [1.54, 1.807) is 11.3 Å². The number of hydrogen-bond donors (Lipinski definition) is 2. The lowest BCUT2D eigenvalue weighted by molar-refractivity contribution is -0.114. The quantitative estimate of drug-likeness (QED) is 0.626. The average molecular weight is 372 g/mol. The number of carbonyl (C=O) groups is 1. The van der Waals surface area contributed by atoms with E-state index < -0.39 is 0 Å². The third-order valence-electron chi connectivity index (χ3n) is 4.16. The van der Waals surface area contributed by atoms with Crippen molar-refractivity contribution in [2.45, 2.75) is 6.92 Å². The number of benzene rings is 1. The predicted molar refractivity (Wildman–Crippen MR) is 109 cm³/mol. The fourth-order valence-corrected chi connectivity index (χ4v) is 3.67. The zero-order valence-electron chi connectivity index (χ0n) is 15.0. The molecule has 1 amide bonds. The van der Waals surface area contributed by atoms with Gasteiger partial charge in [-0.2, -0.15) is 0 Å². The van der Waals surface area contributed by atoms with Gasteiger partial charge in [0.2, 0.25) is 5.91 Å². The van der Waals surface area contributed by atoms with Crippen molar-refractivity contribution in [2.75, 3.05) is 49.5 Å². The minimum atomic E-state index is -0.108. The fraction of sp³-hybridized carbons (Fsp3) is 0.368. The Balaban J connectivity index is 1.54. The summed E-state index contributed by atoms with van der Waals surface area (Å²) < 4.78 is 0. The standard InChI is InChI=1S/C19H25N5OS/c1-2-20-19(21-15-17(25)22-16-7-4-3-5-8-16)24-12-10-23(11-13-24)18-9-6-14-26-18/h3-9,14H,2,10-13,15H2,1H3,(H,20,21)(H,22,25). The maximum atomic E-state index is 12.1. The Kier molecular flexibility index (Phi) is 6.49. The molecule has 6 nitrogen and oxygen atoms in total. The van der Waals surface area contributed by atoms with Gasteiger partial charge in [0.25, 0.3) is 0 Å². The number of carbonyl (C=O) groups excluding carboxylic acids is 1. The maximum absolute atomic E-state index is 12.1. The molecular weight excluding hydrogens is 346 g/mol. The van der Waals surface area contributed by atoms with Crippen LogP contribution in [-0.2, 0) is 4.79 Å². The highest BCUT2D eigenvalue weighted by Crippen LogP contribution is 2.22. The Hall–Kier alpha value is -2.54. The third-order valence-corrected chi connectivity index (χ3v) is 5.09. The van der Waals surface area contributed by atoms with Crippen LogP contribution < -0.4 is 15.5 Å². The van der Waals surface area contributed by atoms with Gasteiger partial charge in [0, 0.05) is 38.4 Å². The van der Waals surface area contributed by atoms with Crippen LogP contribution in [0.5, 0.6) is 0 Å². The smallest absolute Gasteiger partial charge is 0.246 e. The summed E-state index contributed by atoms with van der Waals surface area (Å²) in [7, 11) is 0. The summed E-state index contributed by atoms with van der Waals surface area (Å²) in [6, 6.07) is 13.7. The molecule has 0 saturated carbocycles. The monoisotopic (exact) mass is 371 g/mol. The van der Waals surface area contributed by atoms with Gasteiger partial charge in [-0.25, -0.2) is 4.99 Å². The summed E-state index contributed by atoms with van der Waals surface area (Å²) in [6.45, 7) is 6.64. The first-order valence-electron chi connectivity index (χ1n) is 8.93. The van der Waals surface area contributed by atoms with Gasteiger partial charge in [0.1, 0.15) is 6.54 Å². The largest absolute Gasteiger partial charge is 0.360 e. The highest BCUT2D eigenvalue weighted by atomic mass is 32.1. The SMILES string of the molecule is CCNC(=NCC(=O)Nc1ccccc1)N1CCN(c2cccs2)CC1. The van der Waals surface area contributed by atoms with Crippen molar-refractivity contribution in [1.82, 2.24) is 10.2 Å². The summed E-state index contributed by atoms with van der Waals surface area (Å²) in [6.07, 6.45) is 0. The Morgan fingerprint density at radius 3 is 2.54 bits per heavy atom. The molecule has 1 aromatic carbocycles. The molecule has 2 heterocycles. The van der Waals surface area contributed by atoms with Crippen molar-refractivity contribution in [3.8, 4) is 0 Å². The molecule has 0 aliphatic carbocycles. The molecule has 7 heteroatoms. The second-order valence-electron chi connectivity index (χ2n) is 6.01. The second kappa shape index (κ2) is 9.24. The van der Waals surface area contributed by atoms with Crippen molar-refractivity contribution in [3.63, 3.8) is 0 Å². The molecular formula is C19H25N5OS. The summed E-state index contributed by atoms with van der Waals surface area (Å²) in [5, 5.41) is 9.59. The van der Waals surface area contributed by atoms with Gasteiger partial charge in [-0.3, -0.25) is 4.79 Å². The minimum absolute atomic E-state index is 0.108. The molecule has 0 radical (unpaired) electrons. The third kappa shape index (κ3) is 4.98.